The normalized spacial score (nSPS) is 10.9. The highest BCUT2D eigenvalue weighted by Gasteiger charge is 2.10. The number of nitrogens with two attached hydrogens (primary N) is 1. The molecule has 2 N–H and O–H groups in total. The number of aromatic nitrogens is 3. The molecule has 90 valence electrons. The molecule has 0 saturated carbocycles. The maximum atomic E-state index is 5.57. The van der Waals surface area contributed by atoms with Crippen LogP contribution in [-0.2, 0) is 13.1 Å². The summed E-state index contributed by atoms with van der Waals surface area (Å²) in [4.78, 5) is 6.96. The number of hydrogen-bond donors (Lipinski definition) is 1. The van der Waals surface area contributed by atoms with Gasteiger partial charge < -0.3 is 5.73 Å². The molecule has 0 saturated heterocycles. The molecule has 0 fully saturated rings. The van der Waals surface area contributed by atoms with E-state index >= 15 is 0 Å². The standard InChI is InChI=1S/C10H19N5S/c1-3-5-14(6-9(11)16)7-10-12-8-13-15(10)4-2/h8H,3-7H2,1-2H3,(H2,11,16). The van der Waals surface area contributed by atoms with Crippen LogP contribution in [0.3, 0.4) is 0 Å². The fourth-order valence-electron chi connectivity index (χ4n) is 1.63. The van der Waals surface area contributed by atoms with Crippen LogP contribution < -0.4 is 5.73 Å². The summed E-state index contributed by atoms with van der Waals surface area (Å²) in [6.07, 6.45) is 2.66. The first-order valence-electron chi connectivity index (χ1n) is 5.54. The summed E-state index contributed by atoms with van der Waals surface area (Å²) in [6, 6.07) is 0. The Morgan fingerprint density at radius 3 is 2.88 bits per heavy atom. The minimum absolute atomic E-state index is 0.524. The van der Waals surface area contributed by atoms with E-state index in [-0.39, 0.29) is 0 Å². The number of hydrogen-bond acceptors (Lipinski definition) is 4. The Labute approximate surface area is 102 Å². The highest BCUT2D eigenvalue weighted by molar-refractivity contribution is 7.80. The van der Waals surface area contributed by atoms with Gasteiger partial charge in [0.2, 0.25) is 0 Å². The van der Waals surface area contributed by atoms with Gasteiger partial charge in [0.15, 0.2) is 0 Å². The molecule has 1 aromatic rings. The van der Waals surface area contributed by atoms with Crippen LogP contribution in [-0.4, -0.2) is 37.7 Å². The highest BCUT2D eigenvalue weighted by atomic mass is 32.1. The maximum absolute atomic E-state index is 5.57. The van der Waals surface area contributed by atoms with Crippen LogP contribution in [0.2, 0.25) is 0 Å². The molecule has 0 amide bonds. The quantitative estimate of drug-likeness (QED) is 0.715. The van der Waals surface area contributed by atoms with E-state index in [1.807, 2.05) is 4.68 Å². The molecular formula is C10H19N5S. The zero-order valence-corrected chi connectivity index (χ0v) is 10.7. The van der Waals surface area contributed by atoms with Crippen molar-refractivity contribution in [3.63, 3.8) is 0 Å². The molecule has 0 radical (unpaired) electrons. The van der Waals surface area contributed by atoms with Gasteiger partial charge in [0.1, 0.15) is 12.2 Å². The average Bonchev–Trinajstić information content (AvgIpc) is 2.64. The monoisotopic (exact) mass is 241 g/mol. The van der Waals surface area contributed by atoms with Crippen LogP contribution in [0.4, 0.5) is 0 Å². The molecule has 0 aromatic carbocycles. The van der Waals surface area contributed by atoms with Crippen molar-refractivity contribution in [3.8, 4) is 0 Å². The predicted octanol–water partition coefficient (Wildman–Crippen LogP) is 0.796. The summed E-state index contributed by atoms with van der Waals surface area (Å²) >= 11 is 4.94. The molecule has 1 heterocycles. The fraction of sp³-hybridized carbons (Fsp3) is 0.700. The third-order valence-corrected chi connectivity index (χ3v) is 2.41. The second-order valence-electron chi connectivity index (χ2n) is 3.67. The van der Waals surface area contributed by atoms with E-state index in [9.17, 15) is 0 Å². The molecular weight excluding hydrogens is 222 g/mol. The van der Waals surface area contributed by atoms with Crippen LogP contribution in [0, 0.1) is 0 Å². The van der Waals surface area contributed by atoms with Gasteiger partial charge in [0, 0.05) is 13.1 Å². The molecule has 6 heteroatoms. The molecule has 1 aromatic heterocycles. The van der Waals surface area contributed by atoms with Gasteiger partial charge in [-0.2, -0.15) is 5.10 Å². The first-order chi connectivity index (χ1) is 7.67. The largest absolute Gasteiger partial charge is 0.392 e. The van der Waals surface area contributed by atoms with Crippen molar-refractivity contribution < 1.29 is 0 Å². The lowest BCUT2D eigenvalue weighted by atomic mass is 10.3. The molecule has 0 aliphatic heterocycles. The lowest BCUT2D eigenvalue weighted by Gasteiger charge is -2.20. The Bertz CT molecular complexity index is 336. The van der Waals surface area contributed by atoms with Crippen LogP contribution in [0.1, 0.15) is 26.1 Å². The summed E-state index contributed by atoms with van der Waals surface area (Å²) in [5, 5.41) is 4.14. The summed E-state index contributed by atoms with van der Waals surface area (Å²) in [5.41, 5.74) is 5.57. The number of nitrogens with zero attached hydrogens (tertiary/aromatic N) is 4. The van der Waals surface area contributed by atoms with Gasteiger partial charge in [-0.25, -0.2) is 9.67 Å². The topological polar surface area (TPSA) is 60.0 Å². The molecule has 1 rings (SSSR count). The average molecular weight is 241 g/mol. The Morgan fingerprint density at radius 1 is 1.56 bits per heavy atom. The Morgan fingerprint density at radius 2 is 2.31 bits per heavy atom. The fourth-order valence-corrected chi connectivity index (χ4v) is 1.81. The number of aryl methyl sites for hydroxylation is 1. The zero-order chi connectivity index (χ0) is 12.0. The van der Waals surface area contributed by atoms with Crippen molar-refractivity contribution in [1.82, 2.24) is 19.7 Å². The molecule has 0 bridgehead atoms. The van der Waals surface area contributed by atoms with E-state index in [0.717, 1.165) is 31.9 Å². The zero-order valence-electron chi connectivity index (χ0n) is 9.89. The number of rotatable bonds is 7. The summed E-state index contributed by atoms with van der Waals surface area (Å²) in [6.45, 7) is 7.38. The first kappa shape index (κ1) is 13.1. The minimum Gasteiger partial charge on any atom is -0.392 e. The second kappa shape index (κ2) is 6.55. The van der Waals surface area contributed by atoms with Gasteiger partial charge in [0.05, 0.1) is 11.5 Å². The van der Waals surface area contributed by atoms with Gasteiger partial charge >= 0.3 is 0 Å². The second-order valence-corrected chi connectivity index (χ2v) is 4.19. The van der Waals surface area contributed by atoms with Crippen molar-refractivity contribution in [2.24, 2.45) is 5.73 Å². The van der Waals surface area contributed by atoms with E-state index in [1.165, 1.54) is 0 Å². The van der Waals surface area contributed by atoms with Gasteiger partial charge in [-0.15, -0.1) is 0 Å². The Kier molecular flexibility index (Phi) is 5.34. The van der Waals surface area contributed by atoms with Crippen molar-refractivity contribution in [1.29, 1.82) is 0 Å². The molecule has 16 heavy (non-hydrogen) atoms. The van der Waals surface area contributed by atoms with E-state index in [1.54, 1.807) is 6.33 Å². The van der Waals surface area contributed by atoms with E-state index in [4.69, 9.17) is 18.0 Å². The van der Waals surface area contributed by atoms with Crippen molar-refractivity contribution in [3.05, 3.63) is 12.2 Å². The van der Waals surface area contributed by atoms with Crippen LogP contribution in [0.25, 0.3) is 0 Å². The third kappa shape index (κ3) is 3.86. The third-order valence-electron chi connectivity index (χ3n) is 2.28. The van der Waals surface area contributed by atoms with Crippen molar-refractivity contribution in [2.75, 3.05) is 13.1 Å². The molecule has 0 aliphatic rings. The Balaban J connectivity index is 2.63. The molecule has 0 atom stereocenters. The lowest BCUT2D eigenvalue weighted by molar-refractivity contribution is 0.290. The predicted molar refractivity (Wildman–Crippen MR) is 68.0 cm³/mol. The van der Waals surface area contributed by atoms with Gasteiger partial charge in [-0.1, -0.05) is 19.1 Å². The maximum Gasteiger partial charge on any atom is 0.141 e. The molecule has 5 nitrogen and oxygen atoms in total. The van der Waals surface area contributed by atoms with Crippen LogP contribution in [0.15, 0.2) is 6.33 Å². The molecule has 0 aliphatic carbocycles. The van der Waals surface area contributed by atoms with E-state index in [2.05, 4.69) is 28.8 Å². The first-order valence-corrected chi connectivity index (χ1v) is 5.95. The SMILES string of the molecule is CCCN(CC(N)=S)Cc1ncnn1CC. The smallest absolute Gasteiger partial charge is 0.141 e. The lowest BCUT2D eigenvalue weighted by Crippen LogP contribution is -2.33. The molecule has 0 unspecified atom stereocenters. The summed E-state index contributed by atoms with van der Waals surface area (Å²) < 4.78 is 1.89. The van der Waals surface area contributed by atoms with E-state index < -0.39 is 0 Å². The van der Waals surface area contributed by atoms with Crippen LogP contribution in [0.5, 0.6) is 0 Å². The van der Waals surface area contributed by atoms with Crippen molar-refractivity contribution in [2.45, 2.75) is 33.4 Å². The van der Waals surface area contributed by atoms with Gasteiger partial charge in [-0.05, 0) is 19.9 Å². The van der Waals surface area contributed by atoms with Gasteiger partial charge in [0.25, 0.3) is 0 Å². The van der Waals surface area contributed by atoms with E-state index in [0.29, 0.717) is 11.5 Å². The summed E-state index contributed by atoms with van der Waals surface area (Å²) in [5.74, 6) is 0.965. The Hall–Kier alpha value is -1.01. The number of thiocarbonyl (C=S) groups is 1. The molecule has 0 spiro atoms. The van der Waals surface area contributed by atoms with Gasteiger partial charge in [-0.3, -0.25) is 4.90 Å². The van der Waals surface area contributed by atoms with Crippen molar-refractivity contribution >= 4 is 17.2 Å². The summed E-state index contributed by atoms with van der Waals surface area (Å²) in [7, 11) is 0. The minimum atomic E-state index is 0.524. The van der Waals surface area contributed by atoms with Crippen LogP contribution >= 0.6 is 12.2 Å². The highest BCUT2D eigenvalue weighted by Crippen LogP contribution is 2.02.